The van der Waals surface area contributed by atoms with E-state index in [0.29, 0.717) is 0 Å². The van der Waals surface area contributed by atoms with Gasteiger partial charge < -0.3 is 83.5 Å². The summed E-state index contributed by atoms with van der Waals surface area (Å²) < 4.78 is 0. The van der Waals surface area contributed by atoms with Crippen molar-refractivity contribution in [3.63, 3.8) is 0 Å². The molecule has 0 atom stereocenters. The average molecular weight is 717 g/mol. The molecule has 0 heterocycles. The van der Waals surface area contributed by atoms with E-state index in [1.165, 1.54) is 0 Å². The standard InChI is InChI=1S/3Mo.3H4S2.3S2.S/c;;;6*1-2;/h;;;3*1-2H2;;;;/q;;;3*+2;4*-2. The Morgan fingerprint density at radius 2 is 0.375 bits per heavy atom. The van der Waals surface area contributed by atoms with Crippen LogP contribution in [0.4, 0.5) is 0 Å². The molecule has 0 N–H and O–H groups in total. The van der Waals surface area contributed by atoms with Gasteiger partial charge in [0.15, 0.2) is 70.0 Å². The minimum absolute atomic E-state index is 0. The average Bonchev–Trinajstić information content (AvgIpc) is 2.33. The zero-order chi connectivity index (χ0) is 12.0. The van der Waals surface area contributed by atoms with Gasteiger partial charge in [0.25, 0.3) is 0 Å². The van der Waals surface area contributed by atoms with Crippen LogP contribution in [0.25, 0.3) is 0 Å². The molecule has 0 nitrogen and oxygen atoms in total. The summed E-state index contributed by atoms with van der Waals surface area (Å²) in [5, 5.41) is 0. The van der Waals surface area contributed by atoms with Crippen molar-refractivity contribution in [2.24, 2.45) is 0 Å². The molecule has 110 valence electrons. The predicted molar refractivity (Wildman–Crippen MR) is 112 cm³/mol. The van der Waals surface area contributed by atoms with Gasteiger partial charge in [-0.25, -0.2) is 0 Å². The van der Waals surface area contributed by atoms with Gasteiger partial charge in [-0.2, -0.15) is 0 Å². The topological polar surface area (TPSA) is 0 Å². The first-order valence-electron chi connectivity index (χ1n) is 1.25. The summed E-state index contributed by atoms with van der Waals surface area (Å²) in [6.45, 7) is 0. The van der Waals surface area contributed by atoms with E-state index >= 15 is 0 Å². The maximum absolute atomic E-state index is 3.67. The Labute approximate surface area is 212 Å². The van der Waals surface area contributed by atoms with Crippen molar-refractivity contribution in [2.75, 3.05) is 0 Å². The molecule has 0 saturated heterocycles. The van der Waals surface area contributed by atoms with Crippen LogP contribution >= 0.6 is 0 Å². The van der Waals surface area contributed by atoms with E-state index in [4.69, 9.17) is 0 Å². The summed E-state index contributed by atoms with van der Waals surface area (Å²) in [4.78, 5) is 0. The van der Waals surface area contributed by atoms with Crippen LogP contribution < -0.4 is 0 Å². The van der Waals surface area contributed by atoms with Crippen LogP contribution in [0, 0.1) is 0 Å². The van der Waals surface area contributed by atoms with E-state index < -0.39 is 0 Å². The molecular formula is H12Mo3S13-2. The third-order valence-electron chi connectivity index (χ3n) is 0. The van der Waals surface area contributed by atoms with Gasteiger partial charge in [0, 0.05) is 63.2 Å². The van der Waals surface area contributed by atoms with Gasteiger partial charge in [0.1, 0.15) is 0 Å². The first kappa shape index (κ1) is 66.4. The van der Waals surface area contributed by atoms with Gasteiger partial charge in [-0.15, -0.1) is 0 Å². The van der Waals surface area contributed by atoms with E-state index in [0.717, 1.165) is 0 Å². The first-order valence-corrected chi connectivity index (χ1v) is 11.2. The monoisotopic (exact) mass is 721 g/mol. The largest absolute Gasteiger partial charge is 2.00 e. The molecule has 0 saturated carbocycles. The normalized spacial score (nSPS) is 2.25. The van der Waals surface area contributed by atoms with Crippen LogP contribution in [0.1, 0.15) is 0 Å². The zero-order valence-electron chi connectivity index (χ0n) is 7.08. The van der Waals surface area contributed by atoms with Gasteiger partial charge in [0.2, 0.25) is 0 Å². The summed E-state index contributed by atoms with van der Waals surface area (Å²) in [5.41, 5.74) is 0. The molecule has 0 aliphatic carbocycles. The summed E-state index contributed by atoms with van der Waals surface area (Å²) >= 11 is 38.7. The Kier molecular flexibility index (Phi) is 871. The number of hydrogen-bond acceptors (Lipinski definition) is 6. The Bertz CT molecular complexity index is 11.1. The van der Waals surface area contributed by atoms with E-state index in [1.54, 1.807) is 0 Å². The quantitative estimate of drug-likeness (QED) is 0.111. The molecular weight excluding hydrogens is 705 g/mol. The molecule has 0 aromatic carbocycles. The fourth-order valence-electron chi connectivity index (χ4n) is 0. The molecule has 0 bridgehead atoms. The smallest absolute Gasteiger partial charge is 0.163 e. The molecule has 16 heteroatoms. The minimum Gasteiger partial charge on any atom is -2.00 e. The summed E-state index contributed by atoms with van der Waals surface area (Å²) in [6, 6.07) is 0. The molecule has 0 fully saturated rings. The minimum atomic E-state index is 0. The van der Waals surface area contributed by atoms with Crippen molar-refractivity contribution in [1.29, 1.82) is 0 Å². The van der Waals surface area contributed by atoms with Crippen LogP contribution in [0.15, 0.2) is 0 Å². The maximum atomic E-state index is 3.67. The van der Waals surface area contributed by atoms with Crippen LogP contribution in [0.5, 0.6) is 0 Å². The Morgan fingerprint density at radius 3 is 0.375 bits per heavy atom. The summed E-state index contributed by atoms with van der Waals surface area (Å²) in [7, 11) is 0. The van der Waals surface area contributed by atoms with E-state index in [-0.39, 0.29) is 76.7 Å². The van der Waals surface area contributed by atoms with Gasteiger partial charge in [0.05, 0.1) is 0 Å². The van der Waals surface area contributed by atoms with E-state index in [2.05, 4.69) is 140 Å². The second-order valence-electron chi connectivity index (χ2n) is 0. The molecule has 0 radical (unpaired) electrons. The van der Waals surface area contributed by atoms with Crippen molar-refractivity contribution in [1.82, 2.24) is 0 Å². The Morgan fingerprint density at radius 1 is 0.375 bits per heavy atom. The van der Waals surface area contributed by atoms with E-state index in [1.807, 2.05) is 0 Å². The predicted octanol–water partition coefficient (Wildman–Crippen LogP) is -3.25. The zero-order valence-corrected chi connectivity index (χ0v) is 24.8. The fourth-order valence-corrected chi connectivity index (χ4v) is 0. The molecule has 0 unspecified atom stereocenters. The third-order valence-corrected chi connectivity index (χ3v) is 0. The third kappa shape index (κ3) is 181. The van der Waals surface area contributed by atoms with Crippen molar-refractivity contribution < 1.29 is 63.2 Å². The molecule has 0 amide bonds. The molecule has 0 spiro atoms. The molecule has 0 aliphatic heterocycles. The number of hydrogen-bond donors (Lipinski definition) is 0. The molecule has 16 heavy (non-hydrogen) atoms. The first-order chi connectivity index (χ1) is 6.00. The van der Waals surface area contributed by atoms with Gasteiger partial charge in [-0.05, 0) is 0 Å². The van der Waals surface area contributed by atoms with Gasteiger partial charge in [-0.1, -0.05) is 0 Å². The maximum Gasteiger partial charge on any atom is 0.163 e. The van der Waals surface area contributed by atoms with Crippen molar-refractivity contribution in [3.05, 3.63) is 0 Å². The number of rotatable bonds is 0. The van der Waals surface area contributed by atoms with Crippen molar-refractivity contribution in [2.45, 2.75) is 0 Å². The Balaban J connectivity index is -0.00000000321. The second kappa shape index (κ2) is 210. The van der Waals surface area contributed by atoms with E-state index in [9.17, 15) is 0 Å². The summed E-state index contributed by atoms with van der Waals surface area (Å²) in [5.74, 6) is 0. The van der Waals surface area contributed by atoms with Crippen LogP contribution in [0.3, 0.4) is 0 Å². The van der Waals surface area contributed by atoms with Crippen molar-refractivity contribution in [3.8, 4) is 0 Å². The van der Waals surface area contributed by atoms with Crippen LogP contribution in [-0.4, -0.2) is 0 Å². The van der Waals surface area contributed by atoms with Gasteiger partial charge >= 0.3 is 0 Å². The van der Waals surface area contributed by atoms with Crippen LogP contribution in [-0.2, 0) is 217 Å². The molecule has 0 aromatic rings. The van der Waals surface area contributed by atoms with Crippen molar-refractivity contribution >= 4 is 153 Å². The summed E-state index contributed by atoms with van der Waals surface area (Å²) in [6.07, 6.45) is 0. The molecule has 0 rings (SSSR count). The second-order valence-corrected chi connectivity index (χ2v) is 0. The molecule has 0 aliphatic rings. The van der Waals surface area contributed by atoms with Crippen LogP contribution in [0.2, 0.25) is 0 Å². The van der Waals surface area contributed by atoms with Gasteiger partial charge in [-0.3, -0.25) is 0 Å². The Hall–Kier alpha value is 6.61. The fraction of sp³-hybridized carbons (Fsp3) is 0. The SMILES string of the molecule is [Mo].[Mo].[Mo].[S-2].[S-][S-].[S-][S-].[S-][S-].[SH2+][SH2+].[SH2+][SH2+].[SH2+][SH2+]. The molecule has 0 aromatic heterocycles.